The number of anilines is 1. The Hall–Kier alpha value is -2.95. The van der Waals surface area contributed by atoms with Gasteiger partial charge in [0.1, 0.15) is 0 Å². The number of aryl methyl sites for hydroxylation is 1. The Morgan fingerprint density at radius 2 is 1.86 bits per heavy atom. The van der Waals surface area contributed by atoms with Gasteiger partial charge >= 0.3 is 0 Å². The monoisotopic (exact) mass is 377 g/mol. The number of halogens is 1. The Morgan fingerprint density at radius 3 is 2.50 bits per heavy atom. The highest BCUT2D eigenvalue weighted by molar-refractivity contribution is 6.05. The molecule has 2 aromatic rings. The van der Waals surface area contributed by atoms with Crippen LogP contribution in [-0.2, 0) is 0 Å². The van der Waals surface area contributed by atoms with E-state index in [0.717, 1.165) is 42.7 Å². The molecule has 2 aromatic carbocycles. The third-order valence-electron chi connectivity index (χ3n) is 5.20. The Labute approximate surface area is 164 Å². The number of rotatable bonds is 6. The summed E-state index contributed by atoms with van der Waals surface area (Å²) < 4.78 is 14.6. The van der Waals surface area contributed by atoms with Crippen LogP contribution in [0.1, 0.15) is 41.6 Å². The van der Waals surface area contributed by atoms with Gasteiger partial charge in [-0.15, -0.1) is 0 Å². The molecule has 144 valence electrons. The van der Waals surface area contributed by atoms with E-state index < -0.39 is 5.82 Å². The Morgan fingerprint density at radius 1 is 1.14 bits per heavy atom. The molecule has 2 saturated carbocycles. The van der Waals surface area contributed by atoms with Crippen molar-refractivity contribution in [2.75, 3.05) is 5.32 Å². The maximum Gasteiger partial charge on any atom is 0.255 e. The minimum Gasteiger partial charge on any atom is -0.402 e. The smallest absolute Gasteiger partial charge is 0.255 e. The first-order chi connectivity index (χ1) is 13.5. The van der Waals surface area contributed by atoms with Crippen LogP contribution in [-0.4, -0.2) is 11.6 Å². The molecule has 0 unspecified atom stereocenters. The number of aliphatic imine (C=N–C) groups is 1. The lowest BCUT2D eigenvalue weighted by molar-refractivity contribution is 0.102. The molecule has 1 amide bonds. The van der Waals surface area contributed by atoms with Crippen LogP contribution in [0, 0.1) is 24.6 Å². The molecule has 0 radical (unpaired) electrons. The van der Waals surface area contributed by atoms with Gasteiger partial charge in [0.2, 0.25) is 0 Å². The summed E-state index contributed by atoms with van der Waals surface area (Å²) in [4.78, 5) is 17.0. The number of amides is 1. The van der Waals surface area contributed by atoms with Crippen LogP contribution in [0.15, 0.2) is 59.2 Å². The van der Waals surface area contributed by atoms with Crippen molar-refractivity contribution in [3.05, 3.63) is 71.2 Å². The molecule has 0 saturated heterocycles. The van der Waals surface area contributed by atoms with Gasteiger partial charge in [-0.3, -0.25) is 9.79 Å². The molecule has 0 spiro atoms. The number of carbonyl (C=O) groups excluding carboxylic acids is 1. The largest absolute Gasteiger partial charge is 0.402 e. The van der Waals surface area contributed by atoms with Crippen LogP contribution in [0.2, 0.25) is 0 Å². The molecule has 0 heterocycles. The van der Waals surface area contributed by atoms with Crippen LogP contribution in [0.4, 0.5) is 15.8 Å². The van der Waals surface area contributed by atoms with Crippen molar-refractivity contribution in [3.8, 4) is 0 Å². The summed E-state index contributed by atoms with van der Waals surface area (Å²) in [6.07, 6.45) is 6.33. The van der Waals surface area contributed by atoms with E-state index in [9.17, 15) is 9.18 Å². The minimum atomic E-state index is -0.459. The van der Waals surface area contributed by atoms with E-state index in [1.165, 1.54) is 6.07 Å². The maximum absolute atomic E-state index is 14.6. The number of benzene rings is 2. The molecule has 28 heavy (non-hydrogen) atoms. The summed E-state index contributed by atoms with van der Waals surface area (Å²) >= 11 is 0. The second kappa shape index (κ2) is 7.58. The van der Waals surface area contributed by atoms with Crippen molar-refractivity contribution < 1.29 is 9.18 Å². The summed E-state index contributed by atoms with van der Waals surface area (Å²) in [6.45, 7) is 1.87. The second-order valence-corrected chi connectivity index (χ2v) is 7.66. The minimum absolute atomic E-state index is 0.257. The number of hydrogen-bond acceptors (Lipinski definition) is 3. The summed E-state index contributed by atoms with van der Waals surface area (Å²) in [6, 6.07) is 11.9. The molecule has 5 heteroatoms. The molecule has 4 nitrogen and oxygen atoms in total. The number of hydrogen-bond donors (Lipinski definition) is 2. The first-order valence-electron chi connectivity index (χ1n) is 9.73. The molecule has 0 aliphatic heterocycles. The predicted molar refractivity (Wildman–Crippen MR) is 110 cm³/mol. The van der Waals surface area contributed by atoms with Crippen molar-refractivity contribution in [1.29, 1.82) is 0 Å². The van der Waals surface area contributed by atoms with Crippen molar-refractivity contribution in [3.63, 3.8) is 0 Å². The number of nitrogens with one attached hydrogen (secondary N) is 1. The lowest BCUT2D eigenvalue weighted by Gasteiger charge is -2.09. The number of allylic oxidation sites excluding steroid dienone is 2. The molecule has 0 atom stereocenters. The Balaban J connectivity index is 1.53. The number of nitrogens with zero attached hydrogens (tertiary/aromatic N) is 1. The zero-order valence-electron chi connectivity index (χ0n) is 15.9. The average molecular weight is 377 g/mol. The Bertz CT molecular complexity index is 972. The van der Waals surface area contributed by atoms with Gasteiger partial charge in [0.05, 0.1) is 5.69 Å². The quantitative estimate of drug-likeness (QED) is 0.686. The van der Waals surface area contributed by atoms with Crippen molar-refractivity contribution in [1.82, 2.24) is 0 Å². The topological polar surface area (TPSA) is 67.5 Å². The van der Waals surface area contributed by atoms with Gasteiger partial charge in [0.15, 0.2) is 5.82 Å². The van der Waals surface area contributed by atoms with E-state index in [-0.39, 0.29) is 11.6 Å². The van der Waals surface area contributed by atoms with Crippen LogP contribution < -0.4 is 11.1 Å². The lowest BCUT2D eigenvalue weighted by Crippen LogP contribution is -2.13. The second-order valence-electron chi connectivity index (χ2n) is 7.66. The number of nitrogens with two attached hydrogens (primary N) is 1. The molecule has 3 N–H and O–H groups in total. The molecule has 2 aliphatic rings. The zero-order chi connectivity index (χ0) is 19.7. The average Bonchev–Trinajstić information content (AvgIpc) is 3.56. The molecule has 0 aromatic heterocycles. The highest BCUT2D eigenvalue weighted by Crippen LogP contribution is 2.37. The van der Waals surface area contributed by atoms with E-state index in [1.807, 2.05) is 25.1 Å². The van der Waals surface area contributed by atoms with Crippen LogP contribution in [0.5, 0.6) is 0 Å². The van der Waals surface area contributed by atoms with Gasteiger partial charge in [-0.1, -0.05) is 18.2 Å². The molecule has 2 aliphatic carbocycles. The highest BCUT2D eigenvalue weighted by Gasteiger charge is 2.29. The van der Waals surface area contributed by atoms with E-state index in [0.29, 0.717) is 23.1 Å². The van der Waals surface area contributed by atoms with Crippen molar-refractivity contribution in [2.45, 2.75) is 32.6 Å². The van der Waals surface area contributed by atoms with Crippen LogP contribution in [0.25, 0.3) is 0 Å². The fraction of sp³-hybridized carbons (Fsp3) is 0.304. The molecule has 2 fully saturated rings. The van der Waals surface area contributed by atoms with Gasteiger partial charge in [-0.25, -0.2) is 4.39 Å². The van der Waals surface area contributed by atoms with Crippen molar-refractivity contribution >= 4 is 23.0 Å². The van der Waals surface area contributed by atoms with E-state index in [1.54, 1.807) is 24.3 Å². The fourth-order valence-electron chi connectivity index (χ4n) is 3.17. The first-order valence-corrected chi connectivity index (χ1v) is 9.73. The summed E-state index contributed by atoms with van der Waals surface area (Å²) in [5.74, 6) is 0.122. The molecular weight excluding hydrogens is 353 g/mol. The number of carbonyl (C=O) groups is 1. The van der Waals surface area contributed by atoms with E-state index in [2.05, 4.69) is 10.3 Å². The van der Waals surface area contributed by atoms with Gasteiger partial charge in [-0.05, 0) is 74.4 Å². The summed E-state index contributed by atoms with van der Waals surface area (Å²) in [7, 11) is 0. The highest BCUT2D eigenvalue weighted by atomic mass is 19.1. The Kier molecular flexibility index (Phi) is 4.99. The SMILES string of the molecule is Cc1ccccc1C(=O)Nc1ccc(N=C(C=C(N)C2CC2)C2CC2)c(F)c1. The van der Waals surface area contributed by atoms with E-state index in [4.69, 9.17) is 5.73 Å². The third-order valence-corrected chi connectivity index (χ3v) is 5.20. The molecular formula is C23H24FN3O. The van der Waals surface area contributed by atoms with Gasteiger partial charge in [0, 0.05) is 28.6 Å². The summed E-state index contributed by atoms with van der Waals surface area (Å²) in [5.41, 5.74) is 9.96. The summed E-state index contributed by atoms with van der Waals surface area (Å²) in [5, 5.41) is 2.75. The van der Waals surface area contributed by atoms with Gasteiger partial charge in [-0.2, -0.15) is 0 Å². The fourth-order valence-corrected chi connectivity index (χ4v) is 3.17. The molecule has 4 rings (SSSR count). The van der Waals surface area contributed by atoms with Crippen molar-refractivity contribution in [2.24, 2.45) is 22.6 Å². The zero-order valence-corrected chi connectivity index (χ0v) is 15.9. The van der Waals surface area contributed by atoms with Crippen LogP contribution in [0.3, 0.4) is 0 Å². The normalized spacial score (nSPS) is 17.5. The molecule has 0 bridgehead atoms. The maximum atomic E-state index is 14.6. The predicted octanol–water partition coefficient (Wildman–Crippen LogP) is 5.12. The van der Waals surface area contributed by atoms with Gasteiger partial charge < -0.3 is 11.1 Å². The first kappa shape index (κ1) is 18.4. The van der Waals surface area contributed by atoms with E-state index >= 15 is 0 Å². The standard InChI is InChI=1S/C23H24FN3O/c1-14-4-2-3-5-18(14)23(28)26-17-10-11-21(19(24)12-17)27-22(16-8-9-16)13-20(25)15-6-7-15/h2-5,10-13,15-16H,6-9,25H2,1H3,(H,26,28). The van der Waals surface area contributed by atoms with Crippen LogP contribution >= 0.6 is 0 Å². The third kappa shape index (κ3) is 4.30. The van der Waals surface area contributed by atoms with Gasteiger partial charge in [0.25, 0.3) is 5.91 Å². The lowest BCUT2D eigenvalue weighted by atomic mass is 10.1.